The maximum atomic E-state index is 5.77. The molecule has 0 radical (unpaired) electrons. The molecule has 1 rings (SSSR count). The Morgan fingerprint density at radius 2 is 2.42 bits per heavy atom. The maximum absolute atomic E-state index is 5.77. The number of nitrogens with two attached hydrogens (primary N) is 1. The summed E-state index contributed by atoms with van der Waals surface area (Å²) in [5.74, 6) is 0. The van der Waals surface area contributed by atoms with Crippen LogP contribution < -0.4 is 11.1 Å². The van der Waals surface area contributed by atoms with Crippen molar-refractivity contribution in [3.05, 3.63) is 24.0 Å². The monoisotopic (exact) mass is 165 g/mol. The average molecular weight is 165 g/mol. The van der Waals surface area contributed by atoms with Gasteiger partial charge in [-0.25, -0.2) is 0 Å². The van der Waals surface area contributed by atoms with Crippen LogP contribution in [0.25, 0.3) is 0 Å². The van der Waals surface area contributed by atoms with Gasteiger partial charge in [-0.15, -0.1) is 0 Å². The Morgan fingerprint density at radius 1 is 1.67 bits per heavy atom. The van der Waals surface area contributed by atoms with Crippen molar-refractivity contribution >= 4 is 5.69 Å². The summed E-state index contributed by atoms with van der Waals surface area (Å²) >= 11 is 0. The predicted octanol–water partition coefficient (Wildman–Crippen LogP) is 1.33. The van der Waals surface area contributed by atoms with Gasteiger partial charge in [0.25, 0.3) is 0 Å². The van der Waals surface area contributed by atoms with Gasteiger partial charge in [0.05, 0.1) is 0 Å². The second-order valence-corrected chi connectivity index (χ2v) is 2.78. The second kappa shape index (κ2) is 4.07. The third kappa shape index (κ3) is 1.95. The van der Waals surface area contributed by atoms with Crippen molar-refractivity contribution in [1.29, 1.82) is 0 Å². The Hall–Kier alpha value is -1.09. The van der Waals surface area contributed by atoms with Crippen LogP contribution in [0.15, 0.2) is 18.5 Å². The molecule has 0 aliphatic heterocycles. The molecule has 66 valence electrons. The van der Waals surface area contributed by atoms with Crippen LogP contribution in [-0.4, -0.2) is 11.5 Å². The Balaban J connectivity index is 2.79. The minimum atomic E-state index is 0.281. The van der Waals surface area contributed by atoms with Gasteiger partial charge in [0.1, 0.15) is 0 Å². The van der Waals surface area contributed by atoms with Crippen LogP contribution in [0.1, 0.15) is 25.5 Å². The molecule has 3 heteroatoms. The lowest BCUT2D eigenvalue weighted by molar-refractivity contribution is 0.598. The first-order chi connectivity index (χ1) is 5.75. The summed E-state index contributed by atoms with van der Waals surface area (Å²) in [7, 11) is 0. The summed E-state index contributed by atoms with van der Waals surface area (Å²) in [6.07, 6.45) is 3.51. The Labute approximate surface area is 73.0 Å². The third-order valence-corrected chi connectivity index (χ3v) is 1.86. The van der Waals surface area contributed by atoms with Crippen LogP contribution in [0, 0.1) is 0 Å². The molecule has 1 aromatic rings. The lowest BCUT2D eigenvalue weighted by Crippen LogP contribution is -2.18. The molecule has 3 nitrogen and oxygen atoms in total. The van der Waals surface area contributed by atoms with E-state index >= 15 is 0 Å². The van der Waals surface area contributed by atoms with Crippen molar-refractivity contribution in [2.75, 3.05) is 12.3 Å². The van der Waals surface area contributed by atoms with Crippen molar-refractivity contribution in [3.63, 3.8) is 0 Å². The fourth-order valence-corrected chi connectivity index (χ4v) is 1.20. The van der Waals surface area contributed by atoms with Gasteiger partial charge in [0, 0.05) is 29.7 Å². The normalized spacial score (nSPS) is 12.8. The Kier molecular flexibility index (Phi) is 3.05. The van der Waals surface area contributed by atoms with E-state index in [0.29, 0.717) is 0 Å². The van der Waals surface area contributed by atoms with E-state index in [2.05, 4.69) is 24.1 Å². The van der Waals surface area contributed by atoms with Crippen LogP contribution in [-0.2, 0) is 0 Å². The average Bonchev–Trinajstić information content (AvgIpc) is 2.05. The SMILES string of the molecule is CCNC(C)c1cnccc1N. The molecule has 1 unspecified atom stereocenters. The number of nitrogens with zero attached hydrogens (tertiary/aromatic N) is 1. The fraction of sp³-hybridized carbons (Fsp3) is 0.444. The van der Waals surface area contributed by atoms with Gasteiger partial charge in [0.2, 0.25) is 0 Å². The summed E-state index contributed by atoms with van der Waals surface area (Å²) in [6, 6.07) is 2.10. The number of rotatable bonds is 3. The molecule has 1 heterocycles. The number of nitrogens with one attached hydrogen (secondary N) is 1. The molecule has 1 atom stereocenters. The van der Waals surface area contributed by atoms with Crippen molar-refractivity contribution < 1.29 is 0 Å². The van der Waals surface area contributed by atoms with E-state index in [-0.39, 0.29) is 6.04 Å². The van der Waals surface area contributed by atoms with Crippen LogP contribution >= 0.6 is 0 Å². The first kappa shape index (κ1) is 9.00. The molecule has 0 amide bonds. The molecule has 0 aliphatic carbocycles. The van der Waals surface area contributed by atoms with Gasteiger partial charge in [-0.2, -0.15) is 0 Å². The van der Waals surface area contributed by atoms with Crippen LogP contribution in [0.3, 0.4) is 0 Å². The molecule has 0 fully saturated rings. The summed E-state index contributed by atoms with van der Waals surface area (Å²) < 4.78 is 0. The summed E-state index contributed by atoms with van der Waals surface area (Å²) in [6.45, 7) is 5.09. The summed E-state index contributed by atoms with van der Waals surface area (Å²) in [5.41, 5.74) is 7.64. The van der Waals surface area contributed by atoms with E-state index in [1.165, 1.54) is 0 Å². The van der Waals surface area contributed by atoms with Gasteiger partial charge >= 0.3 is 0 Å². The minimum Gasteiger partial charge on any atom is -0.398 e. The zero-order valence-corrected chi connectivity index (χ0v) is 7.54. The molecule has 12 heavy (non-hydrogen) atoms. The van der Waals surface area contributed by atoms with Crippen LogP contribution in [0.4, 0.5) is 5.69 Å². The number of nitrogen functional groups attached to an aromatic ring is 1. The van der Waals surface area contributed by atoms with Gasteiger partial charge in [0.15, 0.2) is 0 Å². The largest absolute Gasteiger partial charge is 0.398 e. The Bertz CT molecular complexity index is 247. The number of pyridine rings is 1. The van der Waals surface area contributed by atoms with Crippen LogP contribution in [0.5, 0.6) is 0 Å². The van der Waals surface area contributed by atoms with E-state index < -0.39 is 0 Å². The van der Waals surface area contributed by atoms with Gasteiger partial charge in [-0.3, -0.25) is 4.98 Å². The second-order valence-electron chi connectivity index (χ2n) is 2.78. The smallest absolute Gasteiger partial charge is 0.0393 e. The highest BCUT2D eigenvalue weighted by Gasteiger charge is 2.06. The highest BCUT2D eigenvalue weighted by molar-refractivity contribution is 5.45. The van der Waals surface area contributed by atoms with Crippen LogP contribution in [0.2, 0.25) is 0 Å². The van der Waals surface area contributed by atoms with Crippen molar-refractivity contribution in [2.24, 2.45) is 0 Å². The quantitative estimate of drug-likeness (QED) is 0.710. The number of hydrogen-bond donors (Lipinski definition) is 2. The molecular weight excluding hydrogens is 150 g/mol. The third-order valence-electron chi connectivity index (χ3n) is 1.86. The molecule has 0 bridgehead atoms. The molecule has 3 N–H and O–H groups in total. The lowest BCUT2D eigenvalue weighted by atomic mass is 10.1. The summed E-state index contributed by atoms with van der Waals surface area (Å²) in [4.78, 5) is 4.03. The van der Waals surface area contributed by atoms with E-state index in [4.69, 9.17) is 5.73 Å². The molecule has 0 aliphatic rings. The standard InChI is InChI=1S/C9H15N3/c1-3-12-7(2)8-6-11-5-4-9(8)10/h4-7,12H,3H2,1-2H3,(H2,10,11). The minimum absolute atomic E-state index is 0.281. The molecule has 0 saturated carbocycles. The van der Waals surface area contributed by atoms with Gasteiger partial charge in [-0.05, 0) is 19.5 Å². The molecule has 0 aromatic carbocycles. The molecule has 1 aromatic heterocycles. The highest BCUT2D eigenvalue weighted by atomic mass is 14.9. The van der Waals surface area contributed by atoms with Crippen molar-refractivity contribution in [1.82, 2.24) is 10.3 Å². The lowest BCUT2D eigenvalue weighted by Gasteiger charge is -2.13. The fourth-order valence-electron chi connectivity index (χ4n) is 1.20. The van der Waals surface area contributed by atoms with Gasteiger partial charge < -0.3 is 11.1 Å². The predicted molar refractivity (Wildman–Crippen MR) is 50.7 cm³/mol. The first-order valence-electron chi connectivity index (χ1n) is 4.18. The number of hydrogen-bond acceptors (Lipinski definition) is 3. The van der Waals surface area contributed by atoms with Crippen molar-refractivity contribution in [3.8, 4) is 0 Å². The zero-order chi connectivity index (χ0) is 8.97. The molecule has 0 spiro atoms. The first-order valence-corrected chi connectivity index (χ1v) is 4.18. The van der Waals surface area contributed by atoms with E-state index in [1.807, 2.05) is 12.3 Å². The zero-order valence-electron chi connectivity index (χ0n) is 7.54. The van der Waals surface area contributed by atoms with E-state index in [9.17, 15) is 0 Å². The number of anilines is 1. The number of aromatic nitrogens is 1. The van der Waals surface area contributed by atoms with E-state index in [0.717, 1.165) is 17.8 Å². The summed E-state index contributed by atoms with van der Waals surface area (Å²) in [5, 5.41) is 3.28. The topological polar surface area (TPSA) is 50.9 Å². The van der Waals surface area contributed by atoms with Gasteiger partial charge in [-0.1, -0.05) is 6.92 Å². The molecular formula is C9H15N3. The van der Waals surface area contributed by atoms with Crippen molar-refractivity contribution in [2.45, 2.75) is 19.9 Å². The maximum Gasteiger partial charge on any atom is 0.0393 e. The Morgan fingerprint density at radius 3 is 3.00 bits per heavy atom. The van der Waals surface area contributed by atoms with E-state index in [1.54, 1.807) is 6.20 Å². The highest BCUT2D eigenvalue weighted by Crippen LogP contribution is 2.17. The molecule has 0 saturated heterocycles.